The summed E-state index contributed by atoms with van der Waals surface area (Å²) in [6.07, 6.45) is 2.26. The van der Waals surface area contributed by atoms with Crippen molar-refractivity contribution < 1.29 is 14.3 Å². The van der Waals surface area contributed by atoms with Crippen LogP contribution in [0.2, 0.25) is 5.15 Å². The van der Waals surface area contributed by atoms with Crippen LogP contribution < -0.4 is 9.47 Å². The highest BCUT2D eigenvalue weighted by atomic mass is 35.5. The maximum Gasteiger partial charge on any atom is 0.362 e. The third-order valence-corrected chi connectivity index (χ3v) is 4.64. The zero-order valence-electron chi connectivity index (χ0n) is 15.5. The van der Waals surface area contributed by atoms with Gasteiger partial charge >= 0.3 is 5.97 Å². The monoisotopic (exact) mass is 395 g/mol. The smallest absolute Gasteiger partial charge is 0.362 e. The number of hydrogen-bond donors (Lipinski definition) is 0. The molecule has 7 heteroatoms. The number of hydrogen-bond acceptors (Lipinski definition) is 6. The number of carbonyl (C=O) groups is 1. The van der Waals surface area contributed by atoms with E-state index in [-0.39, 0.29) is 22.5 Å². The van der Waals surface area contributed by atoms with Crippen molar-refractivity contribution in [2.45, 2.75) is 32.6 Å². The highest BCUT2D eigenvalue weighted by Crippen LogP contribution is 2.46. The van der Waals surface area contributed by atoms with E-state index in [4.69, 9.17) is 21.1 Å². The van der Waals surface area contributed by atoms with Crippen LogP contribution in [0.15, 0.2) is 42.5 Å². The molecule has 2 aromatic heterocycles. The number of benzene rings is 1. The Balaban J connectivity index is 1.65. The Kier molecular flexibility index (Phi) is 4.96. The van der Waals surface area contributed by atoms with Gasteiger partial charge in [-0.1, -0.05) is 35.9 Å². The van der Waals surface area contributed by atoms with Gasteiger partial charge in [0, 0.05) is 11.8 Å². The van der Waals surface area contributed by atoms with Crippen LogP contribution in [0.25, 0.3) is 0 Å². The Morgan fingerprint density at radius 1 is 1.11 bits per heavy atom. The van der Waals surface area contributed by atoms with Gasteiger partial charge in [-0.25, -0.2) is 9.78 Å². The van der Waals surface area contributed by atoms with E-state index >= 15 is 0 Å². The molecule has 6 nitrogen and oxygen atoms in total. The molecule has 2 heterocycles. The maximum atomic E-state index is 12.5. The van der Waals surface area contributed by atoms with Gasteiger partial charge in [-0.05, 0) is 55.9 Å². The van der Waals surface area contributed by atoms with Gasteiger partial charge in [0.1, 0.15) is 11.4 Å². The van der Waals surface area contributed by atoms with Crippen molar-refractivity contribution in [2.75, 3.05) is 0 Å². The van der Waals surface area contributed by atoms with Crippen molar-refractivity contribution in [3.63, 3.8) is 0 Å². The zero-order valence-corrected chi connectivity index (χ0v) is 16.2. The zero-order chi connectivity index (χ0) is 19.7. The summed E-state index contributed by atoms with van der Waals surface area (Å²) in [5.74, 6) is 0.759. The molecule has 0 spiro atoms. The SMILES string of the molecule is Cc1cccc(C(=O)Oc2cc(Cl)nnc2Oc2c(C)cccc2C2CC2)n1. The number of nitrogens with zero attached hydrogens (tertiary/aromatic N) is 3. The summed E-state index contributed by atoms with van der Waals surface area (Å²) in [5, 5.41) is 7.93. The van der Waals surface area contributed by atoms with Crippen LogP contribution in [-0.2, 0) is 0 Å². The molecule has 3 aromatic rings. The van der Waals surface area contributed by atoms with E-state index in [0.717, 1.165) is 24.0 Å². The summed E-state index contributed by atoms with van der Waals surface area (Å²) < 4.78 is 11.5. The fraction of sp³-hybridized carbons (Fsp3) is 0.238. The number of esters is 1. The molecule has 0 atom stereocenters. The first-order valence-electron chi connectivity index (χ1n) is 8.97. The van der Waals surface area contributed by atoms with Crippen LogP contribution in [0.1, 0.15) is 46.1 Å². The number of aromatic nitrogens is 3. The number of para-hydroxylation sites is 1. The van der Waals surface area contributed by atoms with Gasteiger partial charge in [0.15, 0.2) is 10.9 Å². The topological polar surface area (TPSA) is 74.2 Å². The second-order valence-corrected chi connectivity index (χ2v) is 7.15. The van der Waals surface area contributed by atoms with Crippen LogP contribution in [0.3, 0.4) is 0 Å². The molecule has 0 aliphatic heterocycles. The quantitative estimate of drug-likeness (QED) is 0.564. The van der Waals surface area contributed by atoms with E-state index in [1.165, 1.54) is 6.07 Å². The summed E-state index contributed by atoms with van der Waals surface area (Å²) in [7, 11) is 0. The number of ether oxygens (including phenoxy) is 2. The van der Waals surface area contributed by atoms with E-state index in [1.807, 2.05) is 25.1 Å². The molecule has 4 rings (SSSR count). The minimum Gasteiger partial charge on any atom is -0.434 e. The second-order valence-electron chi connectivity index (χ2n) is 6.76. The Labute approximate surface area is 167 Å². The summed E-state index contributed by atoms with van der Waals surface area (Å²) in [6, 6.07) is 12.6. The van der Waals surface area contributed by atoms with Gasteiger partial charge in [-0.3, -0.25) is 0 Å². The third kappa shape index (κ3) is 3.97. The van der Waals surface area contributed by atoms with Crippen molar-refractivity contribution in [3.8, 4) is 17.4 Å². The van der Waals surface area contributed by atoms with Crippen molar-refractivity contribution in [2.24, 2.45) is 0 Å². The molecule has 1 aromatic carbocycles. The van der Waals surface area contributed by atoms with E-state index < -0.39 is 5.97 Å². The van der Waals surface area contributed by atoms with E-state index in [0.29, 0.717) is 17.4 Å². The minimum atomic E-state index is -0.621. The maximum absolute atomic E-state index is 12.5. The molecule has 0 radical (unpaired) electrons. The number of aryl methyl sites for hydroxylation is 2. The lowest BCUT2D eigenvalue weighted by atomic mass is 10.1. The number of rotatable bonds is 5. The van der Waals surface area contributed by atoms with Gasteiger partial charge < -0.3 is 9.47 Å². The summed E-state index contributed by atoms with van der Waals surface area (Å²) in [6.45, 7) is 3.76. The fourth-order valence-electron chi connectivity index (χ4n) is 2.92. The lowest BCUT2D eigenvalue weighted by Crippen LogP contribution is -2.12. The predicted molar refractivity (Wildman–Crippen MR) is 104 cm³/mol. The number of carbonyl (C=O) groups excluding carboxylic acids is 1. The highest BCUT2D eigenvalue weighted by Gasteiger charge is 2.28. The van der Waals surface area contributed by atoms with Crippen LogP contribution in [0, 0.1) is 13.8 Å². The lowest BCUT2D eigenvalue weighted by molar-refractivity contribution is 0.0722. The molecule has 1 aliphatic carbocycles. The Hall–Kier alpha value is -2.99. The molecule has 28 heavy (non-hydrogen) atoms. The van der Waals surface area contributed by atoms with Crippen molar-refractivity contribution in [3.05, 3.63) is 70.1 Å². The number of pyridine rings is 1. The molecule has 0 saturated heterocycles. The first-order valence-corrected chi connectivity index (χ1v) is 9.35. The molecule has 142 valence electrons. The molecule has 1 fully saturated rings. The average molecular weight is 396 g/mol. The van der Waals surface area contributed by atoms with Crippen molar-refractivity contribution >= 4 is 17.6 Å². The van der Waals surface area contributed by atoms with Gasteiger partial charge in [-0.15, -0.1) is 10.2 Å². The van der Waals surface area contributed by atoms with Crippen LogP contribution in [0.4, 0.5) is 0 Å². The van der Waals surface area contributed by atoms with Crippen molar-refractivity contribution in [1.29, 1.82) is 0 Å². The molecule has 0 bridgehead atoms. The molecular formula is C21H18ClN3O3. The van der Waals surface area contributed by atoms with Crippen LogP contribution >= 0.6 is 11.6 Å². The van der Waals surface area contributed by atoms with Gasteiger partial charge in [0.2, 0.25) is 0 Å². The van der Waals surface area contributed by atoms with E-state index in [1.54, 1.807) is 25.1 Å². The van der Waals surface area contributed by atoms with Crippen LogP contribution in [0.5, 0.6) is 17.4 Å². The van der Waals surface area contributed by atoms with E-state index in [2.05, 4.69) is 15.2 Å². The Morgan fingerprint density at radius 2 is 1.89 bits per heavy atom. The normalized spacial score (nSPS) is 13.2. The third-order valence-electron chi connectivity index (χ3n) is 4.46. The largest absolute Gasteiger partial charge is 0.434 e. The van der Waals surface area contributed by atoms with Gasteiger partial charge in [0.25, 0.3) is 5.88 Å². The van der Waals surface area contributed by atoms with Gasteiger partial charge in [-0.2, -0.15) is 0 Å². The molecule has 0 amide bonds. The molecular weight excluding hydrogens is 378 g/mol. The fourth-order valence-corrected chi connectivity index (χ4v) is 3.06. The molecule has 0 N–H and O–H groups in total. The lowest BCUT2D eigenvalue weighted by Gasteiger charge is -2.14. The number of halogens is 1. The standard InChI is InChI=1S/C21H18ClN3O3/c1-12-5-3-7-15(14-9-10-14)19(12)28-20-17(11-18(22)24-25-20)27-21(26)16-8-4-6-13(2)23-16/h3-8,11,14H,9-10H2,1-2H3. The highest BCUT2D eigenvalue weighted by molar-refractivity contribution is 6.29. The Morgan fingerprint density at radius 3 is 2.64 bits per heavy atom. The first kappa shape index (κ1) is 18.4. The van der Waals surface area contributed by atoms with Crippen LogP contribution in [-0.4, -0.2) is 21.2 Å². The Bertz CT molecular complexity index is 1050. The van der Waals surface area contributed by atoms with E-state index in [9.17, 15) is 4.79 Å². The molecule has 0 unspecified atom stereocenters. The molecule has 1 aliphatic rings. The average Bonchev–Trinajstić information content (AvgIpc) is 3.50. The predicted octanol–water partition coefficient (Wildman–Crippen LogP) is 5.03. The molecule has 1 saturated carbocycles. The van der Waals surface area contributed by atoms with Gasteiger partial charge in [0.05, 0.1) is 0 Å². The summed E-state index contributed by atoms with van der Waals surface area (Å²) >= 11 is 5.96. The minimum absolute atomic E-state index is 0.0848. The second kappa shape index (κ2) is 7.56. The first-order chi connectivity index (χ1) is 13.5. The summed E-state index contributed by atoms with van der Waals surface area (Å²) in [4.78, 5) is 16.7. The van der Waals surface area contributed by atoms with Crippen molar-refractivity contribution in [1.82, 2.24) is 15.2 Å². The summed E-state index contributed by atoms with van der Waals surface area (Å²) in [5.41, 5.74) is 2.99.